The van der Waals surface area contributed by atoms with Gasteiger partial charge in [-0.2, -0.15) is 5.10 Å². The number of benzene rings is 1. The molecule has 4 rings (SSSR count). The van der Waals surface area contributed by atoms with Crippen LogP contribution in [0.4, 0.5) is 0 Å². The van der Waals surface area contributed by atoms with Gasteiger partial charge in [-0.1, -0.05) is 12.1 Å². The third-order valence-corrected chi connectivity index (χ3v) is 5.98. The van der Waals surface area contributed by atoms with Crippen molar-refractivity contribution in [1.29, 1.82) is 0 Å². The number of nitrogens with zero attached hydrogens (tertiary/aromatic N) is 4. The minimum Gasteiger partial charge on any atom is -0.493 e. The zero-order valence-electron chi connectivity index (χ0n) is 19.3. The van der Waals surface area contributed by atoms with Gasteiger partial charge in [-0.25, -0.2) is 0 Å². The fraction of sp³-hybridized carbons (Fsp3) is 0.440. The number of fused-ring (bicyclic) bond motifs is 1. The number of nitrogens with one attached hydrogen (secondary N) is 1. The second-order valence-electron chi connectivity index (χ2n) is 8.39. The summed E-state index contributed by atoms with van der Waals surface area (Å²) in [6.07, 6.45) is 6.46. The first-order valence-corrected chi connectivity index (χ1v) is 11.4. The molecule has 2 aromatic heterocycles. The molecule has 1 aliphatic heterocycles. The fourth-order valence-corrected chi connectivity index (χ4v) is 3.90. The van der Waals surface area contributed by atoms with Crippen LogP contribution in [0.15, 0.2) is 52.2 Å². The Kier molecular flexibility index (Phi) is 7.39. The van der Waals surface area contributed by atoms with E-state index in [-0.39, 0.29) is 6.04 Å². The normalized spacial score (nSPS) is 16.2. The number of hydrogen-bond donors (Lipinski definition) is 1. The highest BCUT2D eigenvalue weighted by molar-refractivity contribution is 5.94. The zero-order chi connectivity index (χ0) is 22.3. The summed E-state index contributed by atoms with van der Waals surface area (Å²) in [7, 11) is 2.14. The van der Waals surface area contributed by atoms with E-state index in [9.17, 15) is 0 Å². The molecule has 3 aromatic rings. The molecule has 0 bridgehead atoms. The van der Waals surface area contributed by atoms with Gasteiger partial charge in [0.25, 0.3) is 0 Å². The highest BCUT2D eigenvalue weighted by Gasteiger charge is 2.15. The summed E-state index contributed by atoms with van der Waals surface area (Å²) < 4.78 is 12.2. The van der Waals surface area contributed by atoms with E-state index in [2.05, 4.69) is 52.3 Å². The number of likely N-dealkylation sites (N-methyl/N-ethyl adjacent to an activating group) is 1. The van der Waals surface area contributed by atoms with Gasteiger partial charge in [0, 0.05) is 50.2 Å². The molecule has 1 aromatic carbocycles. The minimum absolute atomic E-state index is 0.269. The van der Waals surface area contributed by atoms with Gasteiger partial charge in [0.15, 0.2) is 5.76 Å². The maximum atomic E-state index is 6.13. The van der Waals surface area contributed by atoms with Gasteiger partial charge in [-0.3, -0.25) is 9.99 Å². The van der Waals surface area contributed by atoms with E-state index in [1.807, 2.05) is 36.7 Å². The number of aromatic nitrogens is 1. The summed E-state index contributed by atoms with van der Waals surface area (Å²) >= 11 is 0. The van der Waals surface area contributed by atoms with Gasteiger partial charge in [-0.15, -0.1) is 0 Å². The van der Waals surface area contributed by atoms with Crippen LogP contribution in [-0.2, 0) is 0 Å². The topological polar surface area (TPSA) is 66.1 Å². The third-order valence-electron chi connectivity index (χ3n) is 5.98. The largest absolute Gasteiger partial charge is 0.493 e. The van der Waals surface area contributed by atoms with E-state index < -0.39 is 0 Å². The van der Waals surface area contributed by atoms with Crippen molar-refractivity contribution in [2.24, 2.45) is 5.10 Å². The lowest BCUT2D eigenvalue weighted by molar-refractivity contribution is 0.159. The first-order chi connectivity index (χ1) is 15.6. The molecule has 1 N–H and O–H groups in total. The van der Waals surface area contributed by atoms with Gasteiger partial charge in [-0.05, 0) is 57.6 Å². The Labute approximate surface area is 190 Å². The number of furan rings is 1. The smallest absolute Gasteiger partial charge is 0.151 e. The standard InChI is InChI=1S/C25H33N5O2/c1-19-24(18-28-30-14-12-29(3)13-15-30)32-23-9-4-8-22(25(19)23)31-16-6-11-27-20(2)21-7-5-10-26-17-21/h4-5,7-10,17-18,20,27H,6,11-16H2,1-3H3/b28-18+. The van der Waals surface area contributed by atoms with Gasteiger partial charge >= 0.3 is 0 Å². The van der Waals surface area contributed by atoms with Crippen molar-refractivity contribution in [3.05, 3.63) is 59.6 Å². The molecule has 32 heavy (non-hydrogen) atoms. The van der Waals surface area contributed by atoms with E-state index in [0.29, 0.717) is 6.61 Å². The number of hydrogen-bond acceptors (Lipinski definition) is 7. The number of aryl methyl sites for hydroxylation is 1. The molecule has 0 spiro atoms. The SMILES string of the molecule is Cc1c(/C=N/N2CCN(C)CC2)oc2cccc(OCCCNC(C)c3cccnc3)c12. The molecule has 170 valence electrons. The van der Waals surface area contributed by atoms with Gasteiger partial charge in [0.2, 0.25) is 0 Å². The summed E-state index contributed by atoms with van der Waals surface area (Å²) in [5.41, 5.74) is 3.10. The molecule has 0 radical (unpaired) electrons. The number of ether oxygens (including phenoxy) is 1. The molecule has 1 fully saturated rings. The summed E-state index contributed by atoms with van der Waals surface area (Å²) in [6, 6.07) is 10.3. The van der Waals surface area contributed by atoms with Crippen LogP contribution in [-0.4, -0.2) is 67.5 Å². The average molecular weight is 436 g/mol. The Morgan fingerprint density at radius 3 is 2.84 bits per heavy atom. The molecule has 0 aliphatic carbocycles. The van der Waals surface area contributed by atoms with Crippen molar-refractivity contribution < 1.29 is 9.15 Å². The van der Waals surface area contributed by atoms with Crippen LogP contribution < -0.4 is 10.1 Å². The third kappa shape index (κ3) is 5.47. The summed E-state index contributed by atoms with van der Waals surface area (Å²) in [5, 5.41) is 11.3. The van der Waals surface area contributed by atoms with Crippen molar-refractivity contribution in [3.63, 3.8) is 0 Å². The molecule has 7 nitrogen and oxygen atoms in total. The van der Waals surface area contributed by atoms with Gasteiger partial charge in [0.1, 0.15) is 11.3 Å². The van der Waals surface area contributed by atoms with Crippen LogP contribution in [0, 0.1) is 6.92 Å². The number of pyridine rings is 1. The molecule has 3 heterocycles. The van der Waals surface area contributed by atoms with Crippen LogP contribution in [0.3, 0.4) is 0 Å². The van der Waals surface area contributed by atoms with Crippen LogP contribution in [0.1, 0.15) is 36.3 Å². The minimum atomic E-state index is 0.269. The van der Waals surface area contributed by atoms with E-state index in [1.165, 1.54) is 5.56 Å². The number of hydrazone groups is 1. The van der Waals surface area contributed by atoms with Crippen LogP contribution in [0.5, 0.6) is 5.75 Å². The fourth-order valence-electron chi connectivity index (χ4n) is 3.90. The maximum absolute atomic E-state index is 6.13. The predicted octanol–water partition coefficient (Wildman–Crippen LogP) is 3.84. The Balaban J connectivity index is 1.33. The quantitative estimate of drug-likeness (QED) is 0.407. The lowest BCUT2D eigenvalue weighted by Crippen LogP contribution is -2.41. The Morgan fingerprint density at radius 2 is 2.06 bits per heavy atom. The van der Waals surface area contributed by atoms with Crippen molar-refractivity contribution >= 4 is 17.2 Å². The second-order valence-corrected chi connectivity index (χ2v) is 8.39. The van der Waals surface area contributed by atoms with Crippen molar-refractivity contribution in [2.45, 2.75) is 26.3 Å². The average Bonchev–Trinajstić information content (AvgIpc) is 3.15. The van der Waals surface area contributed by atoms with Gasteiger partial charge in [0.05, 0.1) is 18.2 Å². The lowest BCUT2D eigenvalue weighted by atomic mass is 10.1. The summed E-state index contributed by atoms with van der Waals surface area (Å²) in [6.45, 7) is 9.68. The molecule has 1 atom stereocenters. The van der Waals surface area contributed by atoms with Crippen molar-refractivity contribution in [3.8, 4) is 5.75 Å². The van der Waals surface area contributed by atoms with Crippen molar-refractivity contribution in [2.75, 3.05) is 46.4 Å². The van der Waals surface area contributed by atoms with Gasteiger partial charge < -0.3 is 19.4 Å². The Hall–Kier alpha value is -2.90. The van der Waals surface area contributed by atoms with Crippen LogP contribution in [0.25, 0.3) is 11.0 Å². The molecule has 1 aliphatic rings. The first kappa shape index (κ1) is 22.3. The molecule has 1 saturated heterocycles. The molecule has 0 saturated carbocycles. The van der Waals surface area contributed by atoms with E-state index in [4.69, 9.17) is 9.15 Å². The number of rotatable bonds is 9. The second kappa shape index (κ2) is 10.6. The summed E-state index contributed by atoms with van der Waals surface area (Å²) in [5.74, 6) is 1.66. The molecule has 1 unspecified atom stereocenters. The lowest BCUT2D eigenvalue weighted by Gasteiger charge is -2.30. The number of piperazine rings is 1. The van der Waals surface area contributed by atoms with Crippen LogP contribution in [0.2, 0.25) is 0 Å². The van der Waals surface area contributed by atoms with E-state index in [1.54, 1.807) is 6.20 Å². The molecular formula is C25H33N5O2. The molecule has 7 heteroatoms. The Bertz CT molecular complexity index is 1030. The highest BCUT2D eigenvalue weighted by Crippen LogP contribution is 2.32. The summed E-state index contributed by atoms with van der Waals surface area (Å²) in [4.78, 5) is 6.50. The predicted molar refractivity (Wildman–Crippen MR) is 128 cm³/mol. The zero-order valence-corrected chi connectivity index (χ0v) is 19.3. The van der Waals surface area contributed by atoms with Crippen LogP contribution >= 0.6 is 0 Å². The molecule has 0 amide bonds. The van der Waals surface area contributed by atoms with E-state index >= 15 is 0 Å². The van der Waals surface area contributed by atoms with Crippen molar-refractivity contribution in [1.82, 2.24) is 20.2 Å². The first-order valence-electron chi connectivity index (χ1n) is 11.4. The highest BCUT2D eigenvalue weighted by atomic mass is 16.5. The molecular weight excluding hydrogens is 402 g/mol. The Morgan fingerprint density at radius 1 is 1.22 bits per heavy atom. The monoisotopic (exact) mass is 435 g/mol. The maximum Gasteiger partial charge on any atom is 0.151 e. The van der Waals surface area contributed by atoms with E-state index in [0.717, 1.165) is 67.2 Å².